The Morgan fingerprint density at radius 3 is 2.75 bits per heavy atom. The van der Waals surface area contributed by atoms with E-state index in [1.165, 1.54) is 5.56 Å². The van der Waals surface area contributed by atoms with Crippen LogP contribution in [0.4, 0.5) is 0 Å². The Hall–Kier alpha value is -0.380. The minimum Gasteiger partial charge on any atom is -0.393 e. The van der Waals surface area contributed by atoms with Gasteiger partial charge < -0.3 is 5.11 Å². The van der Waals surface area contributed by atoms with Crippen LogP contribution in [0.1, 0.15) is 12.0 Å². The quantitative estimate of drug-likeness (QED) is 0.861. The zero-order valence-corrected chi connectivity index (χ0v) is 10.9. The number of hydrogen-bond donors (Lipinski definition) is 1. The van der Waals surface area contributed by atoms with Crippen molar-refractivity contribution in [3.63, 3.8) is 0 Å². The van der Waals surface area contributed by atoms with Crippen molar-refractivity contribution in [1.29, 1.82) is 0 Å². The molecule has 1 N–H and O–H groups in total. The fraction of sp³-hybridized carbons (Fsp3) is 0.538. The molecule has 2 nitrogen and oxygen atoms in total. The van der Waals surface area contributed by atoms with Crippen LogP contribution < -0.4 is 0 Å². The number of hydrogen-bond acceptors (Lipinski definition) is 2. The number of aliphatic hydroxyl groups is 1. The average molecular weight is 284 g/mol. The second kappa shape index (κ2) is 5.80. The van der Waals surface area contributed by atoms with E-state index >= 15 is 0 Å². The highest BCUT2D eigenvalue weighted by Crippen LogP contribution is 2.20. The maximum absolute atomic E-state index is 9.80. The van der Waals surface area contributed by atoms with Crippen LogP contribution in [-0.4, -0.2) is 34.5 Å². The SMILES string of the molecule is O[C@H]1CCN(Cc2ccccc2)C[C@@H]1CBr. The number of benzene rings is 1. The molecule has 0 spiro atoms. The molecule has 1 heterocycles. The van der Waals surface area contributed by atoms with Gasteiger partial charge in [0.1, 0.15) is 0 Å². The van der Waals surface area contributed by atoms with Gasteiger partial charge in [0.15, 0.2) is 0 Å². The number of likely N-dealkylation sites (tertiary alicyclic amines) is 1. The van der Waals surface area contributed by atoms with E-state index in [-0.39, 0.29) is 6.10 Å². The molecular formula is C13H18BrNO. The number of alkyl halides is 1. The molecule has 0 amide bonds. The summed E-state index contributed by atoms with van der Waals surface area (Å²) in [6, 6.07) is 10.5. The van der Waals surface area contributed by atoms with E-state index in [1.807, 2.05) is 6.07 Å². The summed E-state index contributed by atoms with van der Waals surface area (Å²) in [6.45, 7) is 2.98. The molecule has 0 bridgehead atoms. The van der Waals surface area contributed by atoms with E-state index in [0.717, 1.165) is 31.4 Å². The second-order valence-electron chi connectivity index (χ2n) is 4.49. The summed E-state index contributed by atoms with van der Waals surface area (Å²) in [5.41, 5.74) is 1.35. The monoisotopic (exact) mass is 283 g/mol. The molecule has 1 fully saturated rings. The maximum Gasteiger partial charge on any atom is 0.0600 e. The van der Waals surface area contributed by atoms with Crippen molar-refractivity contribution < 1.29 is 5.11 Å². The van der Waals surface area contributed by atoms with Crippen molar-refractivity contribution in [2.45, 2.75) is 19.1 Å². The molecule has 0 saturated carbocycles. The van der Waals surface area contributed by atoms with Crippen molar-refractivity contribution in [2.24, 2.45) is 5.92 Å². The minimum absolute atomic E-state index is 0.133. The standard InChI is InChI=1S/C13H18BrNO/c14-8-12-10-15(7-6-13(12)16)9-11-4-2-1-3-5-11/h1-5,12-13,16H,6-10H2/t12-,13-/m0/s1. The Morgan fingerprint density at radius 2 is 2.06 bits per heavy atom. The lowest BCUT2D eigenvalue weighted by atomic mass is 9.96. The van der Waals surface area contributed by atoms with Gasteiger partial charge in [-0.1, -0.05) is 46.3 Å². The van der Waals surface area contributed by atoms with E-state index in [0.29, 0.717) is 5.92 Å². The fourth-order valence-electron chi connectivity index (χ4n) is 2.23. The Labute approximate surface area is 105 Å². The van der Waals surface area contributed by atoms with Crippen LogP contribution in [0.3, 0.4) is 0 Å². The zero-order valence-electron chi connectivity index (χ0n) is 9.35. The van der Waals surface area contributed by atoms with Gasteiger partial charge in [-0.25, -0.2) is 0 Å². The number of rotatable bonds is 3. The highest BCUT2D eigenvalue weighted by Gasteiger charge is 2.26. The Bertz CT molecular complexity index is 317. The first kappa shape index (κ1) is 12.1. The van der Waals surface area contributed by atoms with Crippen molar-refractivity contribution in [1.82, 2.24) is 4.90 Å². The van der Waals surface area contributed by atoms with Crippen LogP contribution >= 0.6 is 15.9 Å². The lowest BCUT2D eigenvalue weighted by molar-refractivity contribution is 0.0346. The molecule has 1 aromatic carbocycles. The fourth-order valence-corrected chi connectivity index (χ4v) is 2.87. The van der Waals surface area contributed by atoms with Gasteiger partial charge in [0.25, 0.3) is 0 Å². The van der Waals surface area contributed by atoms with Crippen molar-refractivity contribution in [3.05, 3.63) is 35.9 Å². The summed E-state index contributed by atoms with van der Waals surface area (Å²) >= 11 is 3.48. The van der Waals surface area contributed by atoms with Gasteiger partial charge in [-0.15, -0.1) is 0 Å². The average Bonchev–Trinajstić information content (AvgIpc) is 2.33. The summed E-state index contributed by atoms with van der Waals surface area (Å²) in [5, 5.41) is 10.7. The lowest BCUT2D eigenvalue weighted by Gasteiger charge is -2.35. The number of aliphatic hydroxyl groups excluding tert-OH is 1. The van der Waals surface area contributed by atoms with Gasteiger partial charge in [0.05, 0.1) is 6.10 Å². The molecule has 3 heteroatoms. The minimum atomic E-state index is -0.133. The Kier molecular flexibility index (Phi) is 4.38. The predicted molar refractivity (Wildman–Crippen MR) is 69.6 cm³/mol. The predicted octanol–water partition coefficient (Wildman–Crippen LogP) is 2.26. The van der Waals surface area contributed by atoms with Crippen molar-refractivity contribution >= 4 is 15.9 Å². The third-order valence-corrected chi connectivity index (χ3v) is 4.06. The molecule has 0 aliphatic carbocycles. The molecule has 16 heavy (non-hydrogen) atoms. The molecule has 88 valence electrons. The van der Waals surface area contributed by atoms with E-state index < -0.39 is 0 Å². The number of halogens is 1. The molecule has 1 aliphatic rings. The molecule has 1 saturated heterocycles. The highest BCUT2D eigenvalue weighted by atomic mass is 79.9. The van der Waals surface area contributed by atoms with Gasteiger partial charge in [-0.05, 0) is 12.0 Å². The van der Waals surface area contributed by atoms with E-state index in [9.17, 15) is 5.11 Å². The smallest absolute Gasteiger partial charge is 0.0600 e. The summed E-state index contributed by atoms with van der Waals surface area (Å²) in [6.07, 6.45) is 0.759. The van der Waals surface area contributed by atoms with Crippen LogP contribution in [0.15, 0.2) is 30.3 Å². The van der Waals surface area contributed by atoms with Gasteiger partial charge in [0.2, 0.25) is 0 Å². The first-order valence-electron chi connectivity index (χ1n) is 5.80. The number of piperidine rings is 1. The second-order valence-corrected chi connectivity index (χ2v) is 5.14. The zero-order chi connectivity index (χ0) is 11.4. The highest BCUT2D eigenvalue weighted by molar-refractivity contribution is 9.09. The Balaban J connectivity index is 1.92. The molecule has 1 aliphatic heterocycles. The summed E-state index contributed by atoms with van der Waals surface area (Å²) < 4.78 is 0. The van der Waals surface area contributed by atoms with Crippen molar-refractivity contribution in [2.75, 3.05) is 18.4 Å². The van der Waals surface area contributed by atoms with Crippen LogP contribution in [0.2, 0.25) is 0 Å². The largest absolute Gasteiger partial charge is 0.393 e. The van der Waals surface area contributed by atoms with Gasteiger partial charge >= 0.3 is 0 Å². The molecule has 2 atom stereocenters. The summed E-state index contributed by atoms with van der Waals surface area (Å²) in [5.74, 6) is 0.373. The normalized spacial score (nSPS) is 26.9. The first-order valence-corrected chi connectivity index (χ1v) is 6.92. The lowest BCUT2D eigenvalue weighted by Crippen LogP contribution is -2.43. The molecule has 0 unspecified atom stereocenters. The van der Waals surface area contributed by atoms with Crippen LogP contribution in [0.5, 0.6) is 0 Å². The maximum atomic E-state index is 9.80. The summed E-state index contributed by atoms with van der Waals surface area (Å²) in [7, 11) is 0. The topological polar surface area (TPSA) is 23.5 Å². The van der Waals surface area contributed by atoms with Gasteiger partial charge in [-0.3, -0.25) is 4.90 Å². The van der Waals surface area contributed by atoms with E-state index in [4.69, 9.17) is 0 Å². The molecule has 1 aromatic rings. The summed E-state index contributed by atoms with van der Waals surface area (Å²) in [4.78, 5) is 2.42. The third kappa shape index (κ3) is 3.06. The van der Waals surface area contributed by atoms with E-state index in [1.54, 1.807) is 0 Å². The van der Waals surface area contributed by atoms with Crippen LogP contribution in [0.25, 0.3) is 0 Å². The Morgan fingerprint density at radius 1 is 1.31 bits per heavy atom. The third-order valence-electron chi connectivity index (χ3n) is 3.23. The first-order chi connectivity index (χ1) is 7.79. The van der Waals surface area contributed by atoms with Gasteiger partial charge in [-0.2, -0.15) is 0 Å². The van der Waals surface area contributed by atoms with Crippen LogP contribution in [0, 0.1) is 5.92 Å². The van der Waals surface area contributed by atoms with Gasteiger partial charge in [0, 0.05) is 30.9 Å². The molecule has 0 radical (unpaired) electrons. The van der Waals surface area contributed by atoms with Crippen molar-refractivity contribution in [3.8, 4) is 0 Å². The van der Waals surface area contributed by atoms with E-state index in [2.05, 4.69) is 45.1 Å². The molecule has 2 rings (SSSR count). The molecular weight excluding hydrogens is 266 g/mol. The van der Waals surface area contributed by atoms with Crippen LogP contribution in [-0.2, 0) is 6.54 Å². The number of nitrogens with zero attached hydrogens (tertiary/aromatic N) is 1. The molecule has 0 aromatic heterocycles.